The number of furan rings is 1. The predicted octanol–water partition coefficient (Wildman–Crippen LogP) is 15.1. The topological polar surface area (TPSA) is 320 Å². The molecule has 14 rings (SSSR count). The van der Waals surface area contributed by atoms with Crippen LogP contribution in [-0.2, 0) is 66.0 Å². The molecule has 0 aliphatic carbocycles. The second-order valence-corrected chi connectivity index (χ2v) is 29.1. The molecule has 106 heavy (non-hydrogen) atoms. The van der Waals surface area contributed by atoms with E-state index < -0.39 is 11.6 Å². The number of hydrogen-bond acceptors (Lipinski definition) is 23. The Bertz CT molecular complexity index is 4950. The van der Waals surface area contributed by atoms with Gasteiger partial charge in [-0.3, -0.25) is 14.1 Å². The maximum Gasteiger partial charge on any atom is 0.226 e. The Hall–Kier alpha value is -9.25. The predicted molar refractivity (Wildman–Crippen MR) is 416 cm³/mol. The summed E-state index contributed by atoms with van der Waals surface area (Å²) in [5, 5.41) is 18.0. The molecule has 12 aromatic heterocycles. The molecule has 12 N–H and O–H groups in total. The summed E-state index contributed by atoms with van der Waals surface area (Å²) in [4.78, 5) is 41.0. The quantitative estimate of drug-likeness (QED) is 0.0206. The van der Waals surface area contributed by atoms with Gasteiger partial charge in [0.2, 0.25) is 21.1 Å². The van der Waals surface area contributed by atoms with Gasteiger partial charge in [0.1, 0.15) is 51.8 Å². The van der Waals surface area contributed by atoms with Gasteiger partial charge in [-0.1, -0.05) is 12.1 Å². The molecular weight excluding hydrogens is 1510 g/mol. The van der Waals surface area contributed by atoms with Crippen LogP contribution in [0.15, 0.2) is 118 Å². The van der Waals surface area contributed by atoms with Crippen LogP contribution in [0, 0.1) is 23.3 Å². The molecule has 0 fully saturated rings. The molecule has 0 aliphatic rings. The highest BCUT2D eigenvalue weighted by atomic mass is 35.5. The van der Waals surface area contributed by atoms with Crippen LogP contribution < -0.4 is 53.7 Å². The molecule has 2 aromatic carbocycles. The van der Waals surface area contributed by atoms with Gasteiger partial charge in [0, 0.05) is 96.1 Å². The fourth-order valence-electron chi connectivity index (χ4n) is 11.7. The van der Waals surface area contributed by atoms with Crippen LogP contribution in [0.25, 0.3) is 55.5 Å². The van der Waals surface area contributed by atoms with Crippen LogP contribution in [0.1, 0.15) is 70.9 Å². The molecule has 0 spiro atoms. The van der Waals surface area contributed by atoms with Gasteiger partial charge in [0.25, 0.3) is 0 Å². The van der Waals surface area contributed by atoms with Crippen LogP contribution >= 0.6 is 80.4 Å². The van der Waals surface area contributed by atoms with Gasteiger partial charge in [0.05, 0.1) is 96.5 Å². The van der Waals surface area contributed by atoms with Crippen molar-refractivity contribution in [1.29, 1.82) is 0 Å². The summed E-state index contributed by atoms with van der Waals surface area (Å²) in [5.74, 6) is 1.96. The van der Waals surface area contributed by atoms with Crippen LogP contribution in [-0.4, -0.2) is 102 Å². The number of nitrogens with two attached hydrogens (primary N) is 4. The number of anilines is 4. The maximum absolute atomic E-state index is 15.7. The number of benzene rings is 2. The van der Waals surface area contributed by atoms with Crippen LogP contribution in [0.3, 0.4) is 0 Å². The number of rotatable bonds is 24. The van der Waals surface area contributed by atoms with E-state index in [-0.39, 0.29) is 68.1 Å². The van der Waals surface area contributed by atoms with E-state index >= 15 is 8.78 Å². The highest BCUT2D eigenvalue weighted by Crippen LogP contribution is 2.38. The first-order valence-corrected chi connectivity index (χ1v) is 37.2. The number of hydrogen-bond donors (Lipinski definition) is 8. The largest absolute Gasteiger partial charge is 0.497 e. The van der Waals surface area contributed by atoms with Crippen molar-refractivity contribution >= 4 is 148 Å². The van der Waals surface area contributed by atoms with Crippen LogP contribution in [0.5, 0.6) is 11.5 Å². The van der Waals surface area contributed by atoms with E-state index in [0.717, 1.165) is 20.3 Å². The summed E-state index contributed by atoms with van der Waals surface area (Å²) in [6.07, 6.45) is 4.78. The lowest BCUT2D eigenvalue weighted by Crippen LogP contribution is -2.20. The zero-order valence-corrected chi connectivity index (χ0v) is 64.0. The van der Waals surface area contributed by atoms with E-state index in [1.54, 1.807) is 105 Å². The van der Waals surface area contributed by atoms with E-state index in [4.69, 9.17) is 83.2 Å². The lowest BCUT2D eigenvalue weighted by Gasteiger charge is -2.12. The van der Waals surface area contributed by atoms with Crippen molar-refractivity contribution in [2.24, 2.45) is 37.0 Å². The molecule has 0 saturated carbocycles. The van der Waals surface area contributed by atoms with Gasteiger partial charge in [-0.25, -0.2) is 17.6 Å². The Kier molecular flexibility index (Phi) is 25.7. The number of nitrogens with zero attached hydrogens (tertiary/aromatic N) is 13. The van der Waals surface area contributed by atoms with E-state index in [1.807, 2.05) is 105 Å². The molecule has 12 heterocycles. The standard InChI is InChI=1S/C21H21ClFN5O2.C21H21ClFN5OS.C15H17ClFN5S.C14H16ClFN6S/c2*1-12(24)10-16-18(23)17-19(25-11-15-4-3-9-30-15)26-21(22)27-20(17)28(16)13-5-7-14(29-2)8-6-13;1-8(18)6-10-12(17)11-13(19-7-9-4-3-5-23-9)20-15(16)21-14(11)22(10)2;1-7(17)3-9-11(16)10-12(19-5-8-4-18-6-23-8)20-14(15)21-13(10)22(9)2/h2*3-9,12H,10-11,24H2,1-2H3,(H,25,26,27);3-5,8H,6-7,18H2,1-2H3,(H,19,20,21);4,6-7H,3,5,17H2,1-2H3,(H,19,20,21)/t2*12-;8-;7-/m0000/s1. The van der Waals surface area contributed by atoms with Gasteiger partial charge >= 0.3 is 0 Å². The van der Waals surface area contributed by atoms with E-state index in [0.29, 0.717) is 154 Å². The number of ether oxygens (including phenoxy) is 2. The lowest BCUT2D eigenvalue weighted by molar-refractivity contribution is 0.414. The molecule has 0 saturated heterocycles. The van der Waals surface area contributed by atoms with Crippen molar-refractivity contribution in [3.05, 3.63) is 201 Å². The van der Waals surface area contributed by atoms with E-state index in [2.05, 4.69) is 66.1 Å². The molecule has 0 bridgehead atoms. The second kappa shape index (κ2) is 35.0. The maximum atomic E-state index is 15.7. The van der Waals surface area contributed by atoms with Gasteiger partial charge in [-0.2, -0.15) is 39.9 Å². The van der Waals surface area contributed by atoms with Crippen LogP contribution in [0.2, 0.25) is 21.1 Å². The summed E-state index contributed by atoms with van der Waals surface area (Å²) < 4.78 is 83.7. The van der Waals surface area contributed by atoms with E-state index in [9.17, 15) is 8.78 Å². The number of halogens is 8. The first-order valence-electron chi connectivity index (χ1n) is 33.0. The fraction of sp³-hybridized carbons (Fsp3) is 0.282. The third kappa shape index (κ3) is 18.1. The normalized spacial score (nSPS) is 12.5. The Morgan fingerprint density at radius 2 is 0.792 bits per heavy atom. The van der Waals surface area contributed by atoms with Crippen LogP contribution in [0.4, 0.5) is 40.8 Å². The Labute approximate surface area is 638 Å². The second-order valence-electron chi connectivity index (χ2n) is 24.7. The third-order valence-electron chi connectivity index (χ3n) is 16.4. The average Bonchev–Trinajstić information content (AvgIpc) is 1.60. The van der Waals surface area contributed by atoms with Gasteiger partial charge in [-0.15, -0.1) is 34.0 Å². The molecule has 24 nitrogen and oxygen atoms in total. The number of fused-ring (bicyclic) bond motifs is 4. The number of nitrogens with one attached hydrogen (secondary N) is 4. The Morgan fingerprint density at radius 1 is 0.443 bits per heavy atom. The Morgan fingerprint density at radius 3 is 1.12 bits per heavy atom. The molecule has 0 aliphatic heterocycles. The SMILES string of the molecule is COc1ccc(-n2c(C[C@H](C)N)c(F)c3c(NCc4ccco4)nc(Cl)nc32)cc1.COc1ccc(-n2c(C[C@H](C)N)c(F)c3c(NCc4cccs4)nc(Cl)nc32)cc1.C[C@H](N)Cc1c(F)c2c(NCc3cccs3)nc(Cl)nc2n1C.C[C@H](N)Cc1c(F)c2c(NCc3cncs3)nc(Cl)nc2n1C. The first-order chi connectivity index (χ1) is 50.9. The molecule has 35 heteroatoms. The summed E-state index contributed by atoms with van der Waals surface area (Å²) in [5.41, 5.74) is 30.3. The summed E-state index contributed by atoms with van der Waals surface area (Å²) >= 11 is 29.1. The highest BCUT2D eigenvalue weighted by molar-refractivity contribution is 7.10. The average molecular weight is 1580 g/mol. The Balaban J connectivity index is 0.000000142. The molecule has 0 radical (unpaired) electrons. The summed E-state index contributed by atoms with van der Waals surface area (Å²) in [6, 6.07) is 25.3. The van der Waals surface area contributed by atoms with Crippen molar-refractivity contribution in [3.63, 3.8) is 0 Å². The fourth-order valence-corrected chi connectivity index (χ4v) is 14.2. The number of thiazole rings is 1. The van der Waals surface area contributed by atoms with E-state index in [1.165, 1.54) is 11.3 Å². The smallest absolute Gasteiger partial charge is 0.226 e. The molecule has 0 amide bonds. The number of aromatic nitrogens is 13. The summed E-state index contributed by atoms with van der Waals surface area (Å²) in [6.45, 7) is 9.21. The molecule has 0 unspecified atom stereocenters. The minimum absolute atomic E-state index is 0.00375. The van der Waals surface area contributed by atoms with Crippen molar-refractivity contribution in [3.8, 4) is 22.9 Å². The molecule has 14 aromatic rings. The lowest BCUT2D eigenvalue weighted by atomic mass is 10.1. The number of methoxy groups -OCH3 is 2. The number of aryl methyl sites for hydroxylation is 2. The minimum Gasteiger partial charge on any atom is -0.497 e. The third-order valence-corrected chi connectivity index (χ3v) is 19.6. The zero-order chi connectivity index (χ0) is 75.6. The highest BCUT2D eigenvalue weighted by Gasteiger charge is 2.29. The molecule has 556 valence electrons. The molecule has 4 atom stereocenters. The minimum atomic E-state index is -0.434. The first kappa shape index (κ1) is 77.8. The van der Waals surface area contributed by atoms with Crippen molar-refractivity contribution in [2.75, 3.05) is 35.5 Å². The zero-order valence-electron chi connectivity index (χ0n) is 58.5. The number of thiophene rings is 2. The van der Waals surface area contributed by atoms with Crippen molar-refractivity contribution < 1.29 is 31.5 Å². The van der Waals surface area contributed by atoms with Gasteiger partial charge < -0.3 is 67.2 Å². The summed E-state index contributed by atoms with van der Waals surface area (Å²) in [7, 11) is 6.69. The molecular formula is C71H75Cl4F4N21O3S3. The van der Waals surface area contributed by atoms with Gasteiger partial charge in [-0.05, 0) is 158 Å². The van der Waals surface area contributed by atoms with Crippen molar-refractivity contribution in [1.82, 2.24) is 63.1 Å². The van der Waals surface area contributed by atoms with Gasteiger partial charge in [0.15, 0.2) is 34.6 Å². The monoisotopic (exact) mass is 1580 g/mol. The van der Waals surface area contributed by atoms with Crippen molar-refractivity contribution in [2.45, 2.75) is 104 Å².